The van der Waals surface area contributed by atoms with E-state index in [4.69, 9.17) is 23.8 Å². The molecule has 10 aromatic rings. The number of para-hydroxylation sites is 1. The Morgan fingerprint density at radius 1 is 0.408 bits per heavy atom. The summed E-state index contributed by atoms with van der Waals surface area (Å²) in [5.74, 6) is -9.81. The maximum Gasteiger partial charge on any atom is 0.335 e. The number of carbonyl (C=O) groups is 7. The normalized spacial score (nSPS) is 14.5. The van der Waals surface area contributed by atoms with E-state index in [1.54, 1.807) is 18.2 Å². The van der Waals surface area contributed by atoms with Crippen LogP contribution in [0.2, 0.25) is 0 Å². The molecule has 0 radical (unpaired) electrons. The van der Waals surface area contributed by atoms with Gasteiger partial charge in [-0.3, -0.25) is 51.9 Å². The molecule has 27 nitrogen and oxygen atoms in total. The van der Waals surface area contributed by atoms with Crippen LogP contribution in [0, 0.1) is 0 Å². The highest BCUT2D eigenvalue weighted by atomic mass is 32.2. The van der Waals surface area contributed by atoms with Gasteiger partial charge in [0.25, 0.3) is 75.9 Å². The van der Waals surface area contributed by atoms with Crippen molar-refractivity contribution >= 4 is 131 Å². The molecule has 0 aliphatic carbocycles. The average Bonchev–Trinajstić information content (AvgIpc) is 0.771. The Bertz CT molecular complexity index is 5360. The van der Waals surface area contributed by atoms with Gasteiger partial charge in [0.05, 0.1) is 53.9 Å². The number of hydrogen-bond acceptors (Lipinski definition) is 20. The predicted molar refractivity (Wildman–Crippen MR) is 346 cm³/mol. The van der Waals surface area contributed by atoms with Crippen LogP contribution in [0.25, 0.3) is 43.1 Å². The van der Waals surface area contributed by atoms with Gasteiger partial charge >= 0.3 is 5.97 Å². The van der Waals surface area contributed by atoms with Crippen molar-refractivity contribution in [2.75, 3.05) is 11.4 Å². The number of imide groups is 3. The smallest absolute Gasteiger partial charge is 0.335 e. The highest BCUT2D eigenvalue weighted by Crippen LogP contribution is 2.58. The lowest BCUT2D eigenvalue weighted by molar-refractivity contribution is -0.197. The Labute approximate surface area is 555 Å². The zero-order valence-corrected chi connectivity index (χ0v) is 54.5. The van der Waals surface area contributed by atoms with E-state index in [9.17, 15) is 66.3 Å². The number of amides is 6. The van der Waals surface area contributed by atoms with Gasteiger partial charge in [0.1, 0.15) is 46.0 Å². The van der Waals surface area contributed by atoms with Gasteiger partial charge in [-0.15, -0.1) is 5.06 Å². The molecular formula is C67H49N3O24S4. The third kappa shape index (κ3) is 11.5. The van der Waals surface area contributed by atoms with Crippen molar-refractivity contribution in [1.82, 2.24) is 9.96 Å². The summed E-state index contributed by atoms with van der Waals surface area (Å²) in [7, 11) is -19.4. The van der Waals surface area contributed by atoms with Gasteiger partial charge in [0.2, 0.25) is 0 Å². The second-order valence-electron chi connectivity index (χ2n) is 23.5. The predicted octanol–water partition coefficient (Wildman–Crippen LogP) is 11.5. The maximum atomic E-state index is 16.2. The van der Waals surface area contributed by atoms with Crippen molar-refractivity contribution in [2.24, 2.45) is 0 Å². The van der Waals surface area contributed by atoms with Gasteiger partial charge in [0.15, 0.2) is 0 Å². The Morgan fingerprint density at radius 3 is 0.969 bits per heavy atom. The minimum absolute atomic E-state index is 0.119. The van der Waals surface area contributed by atoms with E-state index in [2.05, 4.69) is 0 Å². The molecule has 3 aliphatic rings. The Hall–Kier alpha value is -10.8. The van der Waals surface area contributed by atoms with E-state index in [1.807, 2.05) is 27.7 Å². The number of benzene rings is 10. The molecule has 1 saturated heterocycles. The van der Waals surface area contributed by atoms with Gasteiger partial charge in [-0.25, -0.2) is 9.69 Å². The molecule has 31 heteroatoms. The summed E-state index contributed by atoms with van der Waals surface area (Å²) in [5, 5.41) is -1.06. The fourth-order valence-electron chi connectivity index (χ4n) is 12.3. The van der Waals surface area contributed by atoms with Crippen LogP contribution in [-0.4, -0.2) is 110 Å². The summed E-state index contributed by atoms with van der Waals surface area (Å²) in [5.41, 5.74) is 0.144. The molecule has 13 rings (SSSR count). The molecule has 0 saturated carbocycles. The fraction of sp³-hybridized carbons (Fsp3) is 0.149. The molecule has 0 bridgehead atoms. The number of rotatable bonds is 19. The first kappa shape index (κ1) is 65.9. The molecule has 0 spiro atoms. The third-order valence-electron chi connectivity index (χ3n) is 16.7. The van der Waals surface area contributed by atoms with E-state index in [0.29, 0.717) is 16.0 Å². The summed E-state index contributed by atoms with van der Waals surface area (Å²) in [4.78, 5) is 106. The SMILES string of the molecule is CC(C)c1cccc(C(C)C)c1N1C(=O)c2cc(Oc3ccc(S(=O)(=O)O)cc3)c3c4c(Oc5ccc(S(=O)(=O)O)cc5)cc5c6c(cc(Oc7ccc(S(=O)(=O)O)cc7)c(c7c(Oc8ccc(S(=O)(=O)O)cc8)cc(c2c37)C1=O)c64)C(=O)N(CCC(=O)ON1C(=O)CCC1=O)C5=O. The van der Waals surface area contributed by atoms with E-state index >= 15 is 19.2 Å². The molecule has 0 unspecified atom stereocenters. The van der Waals surface area contributed by atoms with Crippen LogP contribution in [0.15, 0.2) is 159 Å². The van der Waals surface area contributed by atoms with Crippen LogP contribution in [0.4, 0.5) is 5.69 Å². The van der Waals surface area contributed by atoms with E-state index in [1.165, 1.54) is 24.3 Å². The Balaban J connectivity index is 1.21. The lowest BCUT2D eigenvalue weighted by Crippen LogP contribution is -2.42. The zero-order chi connectivity index (χ0) is 70.1. The maximum absolute atomic E-state index is 16.2. The van der Waals surface area contributed by atoms with Gasteiger partial charge in [-0.1, -0.05) is 45.9 Å². The summed E-state index contributed by atoms with van der Waals surface area (Å²) < 4.78 is 167. The average molecular weight is 1410 g/mol. The van der Waals surface area contributed by atoms with Gasteiger partial charge in [-0.05, 0) is 144 Å². The summed E-state index contributed by atoms with van der Waals surface area (Å²) >= 11 is 0. The largest absolute Gasteiger partial charge is 0.457 e. The number of hydrogen-bond donors (Lipinski definition) is 4. The van der Waals surface area contributed by atoms with Gasteiger partial charge in [0, 0.05) is 62.5 Å². The molecule has 0 atom stereocenters. The second-order valence-corrected chi connectivity index (χ2v) is 29.2. The number of hydroxylamine groups is 2. The van der Waals surface area contributed by atoms with E-state index in [0.717, 1.165) is 102 Å². The van der Waals surface area contributed by atoms with Crippen molar-refractivity contribution < 1.29 is 109 Å². The summed E-state index contributed by atoms with van der Waals surface area (Å²) in [6.07, 6.45) is -1.34. The van der Waals surface area contributed by atoms with Crippen LogP contribution in [-0.2, 0) is 59.7 Å². The molecule has 6 amide bonds. The molecule has 98 heavy (non-hydrogen) atoms. The molecule has 1 fully saturated rings. The summed E-state index contributed by atoms with van der Waals surface area (Å²) in [6, 6.07) is 27.2. The molecule has 3 heterocycles. The number of anilines is 1. The first-order valence-corrected chi connectivity index (χ1v) is 35.3. The monoisotopic (exact) mass is 1410 g/mol. The minimum atomic E-state index is -4.85. The van der Waals surface area contributed by atoms with Crippen LogP contribution in [0.3, 0.4) is 0 Å². The highest BCUT2D eigenvalue weighted by molar-refractivity contribution is 7.86. The van der Waals surface area contributed by atoms with Crippen LogP contribution in [0.1, 0.15) is 111 Å². The zero-order valence-electron chi connectivity index (χ0n) is 51.2. The molecule has 10 aromatic carbocycles. The summed E-state index contributed by atoms with van der Waals surface area (Å²) in [6.45, 7) is 6.65. The Morgan fingerprint density at radius 2 is 0.694 bits per heavy atom. The first-order chi connectivity index (χ1) is 46.2. The molecule has 500 valence electrons. The molecule has 3 aliphatic heterocycles. The van der Waals surface area contributed by atoms with Gasteiger partial charge in [-0.2, -0.15) is 33.7 Å². The number of carbonyl (C=O) groups excluding carboxylic acids is 7. The first-order valence-electron chi connectivity index (χ1n) is 29.5. The van der Waals surface area contributed by atoms with Crippen LogP contribution >= 0.6 is 0 Å². The van der Waals surface area contributed by atoms with Crippen LogP contribution < -0.4 is 23.8 Å². The molecule has 4 N–H and O–H groups in total. The third-order valence-corrected chi connectivity index (χ3v) is 20.2. The van der Waals surface area contributed by atoms with Crippen molar-refractivity contribution in [3.05, 3.63) is 173 Å². The highest BCUT2D eigenvalue weighted by Gasteiger charge is 2.44. The van der Waals surface area contributed by atoms with Crippen LogP contribution in [0.5, 0.6) is 46.0 Å². The Kier molecular flexibility index (Phi) is 16.0. The quantitative estimate of drug-likeness (QED) is 0.0253. The number of fused-ring (bicyclic) bond motifs is 2. The topological polar surface area (TPSA) is 393 Å². The molecule has 0 aromatic heterocycles. The fourth-order valence-corrected chi connectivity index (χ4v) is 14.2. The van der Waals surface area contributed by atoms with E-state index < -0.39 is 114 Å². The minimum Gasteiger partial charge on any atom is -0.457 e. The lowest BCUT2D eigenvalue weighted by Gasteiger charge is -2.34. The van der Waals surface area contributed by atoms with E-state index in [-0.39, 0.29) is 147 Å². The van der Waals surface area contributed by atoms with Crippen molar-refractivity contribution in [3.8, 4) is 46.0 Å². The van der Waals surface area contributed by atoms with Crippen molar-refractivity contribution in [2.45, 2.75) is 78.4 Å². The molecular weight excluding hydrogens is 1360 g/mol. The van der Waals surface area contributed by atoms with Crippen molar-refractivity contribution in [1.29, 1.82) is 0 Å². The number of ether oxygens (including phenoxy) is 4. The standard InChI is InChI=1S/C67H49N3O24S4/c1-32(2)42-6-5-7-43(33(3)4)63(42)69-66(76)46-30-50(92-36-12-20-40(21-13-36)97(84,85)86)59-57-48(90-34-8-16-38(17-9-34)95(78,79)80)28-44-55-45(65(75)68(64(44)74)27-26-54(73)94-70-52(71)24-25-53(70)72)29-49(91-35-10-18-39(19-11-35)96(81,82)83)58(61(55)57)60-51(31-47(67(69)77)56(46)62(59)60)93-37-14-22-41(23-15-37)98(87,88)89/h5-23,28-33H,24-27H2,1-4H3,(H,78,79,80)(H,81,82,83)(H,84,85,86)(H,87,88,89). The van der Waals surface area contributed by atoms with Crippen molar-refractivity contribution in [3.63, 3.8) is 0 Å². The second kappa shape index (κ2) is 23.8. The van der Waals surface area contributed by atoms with Gasteiger partial charge < -0.3 is 23.8 Å². The number of nitrogens with zero attached hydrogens (tertiary/aromatic N) is 3. The lowest BCUT2D eigenvalue weighted by atomic mass is 9.80.